The Bertz CT molecular complexity index is 781. The molecule has 0 aliphatic heterocycles. The maximum absolute atomic E-state index is 12.1. The molecular formula is C16H17N5OS. The SMILES string of the molecule is CCNc1nc(C(=O)NCc2cccc(-n3cccn3)c2)cs1. The summed E-state index contributed by atoms with van der Waals surface area (Å²) in [6, 6.07) is 9.77. The van der Waals surface area contributed by atoms with Crippen molar-refractivity contribution in [2.24, 2.45) is 0 Å². The third kappa shape index (κ3) is 3.75. The fraction of sp³-hybridized carbons (Fsp3) is 0.188. The number of aromatic nitrogens is 3. The zero-order valence-corrected chi connectivity index (χ0v) is 13.5. The van der Waals surface area contributed by atoms with Crippen LogP contribution in [0.1, 0.15) is 23.0 Å². The molecule has 0 unspecified atom stereocenters. The average molecular weight is 327 g/mol. The number of anilines is 1. The van der Waals surface area contributed by atoms with Crippen LogP contribution in [0.25, 0.3) is 5.69 Å². The van der Waals surface area contributed by atoms with Crippen LogP contribution >= 0.6 is 11.3 Å². The molecule has 0 saturated heterocycles. The number of nitrogens with one attached hydrogen (secondary N) is 2. The number of hydrogen-bond acceptors (Lipinski definition) is 5. The highest BCUT2D eigenvalue weighted by atomic mass is 32.1. The summed E-state index contributed by atoms with van der Waals surface area (Å²) in [5, 5.41) is 12.7. The Labute approximate surface area is 138 Å². The first-order valence-corrected chi connectivity index (χ1v) is 8.21. The maximum atomic E-state index is 12.1. The first-order valence-electron chi connectivity index (χ1n) is 7.33. The number of nitrogens with zero attached hydrogens (tertiary/aromatic N) is 3. The van der Waals surface area contributed by atoms with Crippen LogP contribution in [-0.2, 0) is 6.54 Å². The van der Waals surface area contributed by atoms with Crippen molar-refractivity contribution in [3.63, 3.8) is 0 Å². The van der Waals surface area contributed by atoms with Crippen LogP contribution in [-0.4, -0.2) is 27.2 Å². The van der Waals surface area contributed by atoms with Gasteiger partial charge in [-0.3, -0.25) is 4.79 Å². The summed E-state index contributed by atoms with van der Waals surface area (Å²) in [5.41, 5.74) is 2.41. The van der Waals surface area contributed by atoms with Crippen molar-refractivity contribution in [3.05, 3.63) is 59.4 Å². The second kappa shape index (κ2) is 7.06. The summed E-state index contributed by atoms with van der Waals surface area (Å²) >= 11 is 1.43. The van der Waals surface area contributed by atoms with E-state index < -0.39 is 0 Å². The Morgan fingerprint density at radius 2 is 2.26 bits per heavy atom. The van der Waals surface area contributed by atoms with Crippen molar-refractivity contribution in [2.45, 2.75) is 13.5 Å². The topological polar surface area (TPSA) is 71.8 Å². The van der Waals surface area contributed by atoms with Crippen LogP contribution in [0, 0.1) is 0 Å². The van der Waals surface area contributed by atoms with Gasteiger partial charge in [-0.2, -0.15) is 5.10 Å². The maximum Gasteiger partial charge on any atom is 0.271 e. The van der Waals surface area contributed by atoms with E-state index >= 15 is 0 Å². The van der Waals surface area contributed by atoms with Crippen LogP contribution in [0.5, 0.6) is 0 Å². The minimum absolute atomic E-state index is 0.171. The number of amides is 1. The lowest BCUT2D eigenvalue weighted by atomic mass is 10.2. The molecule has 0 bridgehead atoms. The van der Waals surface area contributed by atoms with Gasteiger partial charge in [-0.1, -0.05) is 12.1 Å². The highest BCUT2D eigenvalue weighted by Crippen LogP contribution is 2.15. The summed E-state index contributed by atoms with van der Waals surface area (Å²) < 4.78 is 1.79. The molecule has 3 rings (SSSR count). The summed E-state index contributed by atoms with van der Waals surface area (Å²) in [7, 11) is 0. The molecule has 0 spiro atoms. The first-order chi connectivity index (χ1) is 11.3. The third-order valence-electron chi connectivity index (χ3n) is 3.20. The van der Waals surface area contributed by atoms with E-state index in [1.54, 1.807) is 16.3 Å². The van der Waals surface area contributed by atoms with Crippen LogP contribution in [0.4, 0.5) is 5.13 Å². The summed E-state index contributed by atoms with van der Waals surface area (Å²) in [5.74, 6) is -0.171. The van der Waals surface area contributed by atoms with Crippen molar-refractivity contribution >= 4 is 22.4 Å². The second-order valence-electron chi connectivity index (χ2n) is 4.87. The van der Waals surface area contributed by atoms with Gasteiger partial charge in [-0.25, -0.2) is 9.67 Å². The van der Waals surface area contributed by atoms with Gasteiger partial charge >= 0.3 is 0 Å². The minimum atomic E-state index is -0.171. The molecule has 7 heteroatoms. The van der Waals surface area contributed by atoms with E-state index in [4.69, 9.17) is 0 Å². The quantitative estimate of drug-likeness (QED) is 0.730. The molecule has 2 heterocycles. The normalized spacial score (nSPS) is 10.5. The van der Waals surface area contributed by atoms with E-state index in [2.05, 4.69) is 20.7 Å². The molecule has 1 amide bonds. The Morgan fingerprint density at radius 3 is 3.04 bits per heavy atom. The monoisotopic (exact) mass is 327 g/mol. The lowest BCUT2D eigenvalue weighted by Gasteiger charge is -2.06. The smallest absolute Gasteiger partial charge is 0.271 e. The van der Waals surface area contributed by atoms with Gasteiger partial charge in [0.1, 0.15) is 5.69 Å². The van der Waals surface area contributed by atoms with Gasteiger partial charge in [0, 0.05) is 30.9 Å². The largest absolute Gasteiger partial charge is 0.362 e. The van der Waals surface area contributed by atoms with E-state index in [0.29, 0.717) is 12.2 Å². The van der Waals surface area contributed by atoms with Gasteiger partial charge in [-0.15, -0.1) is 11.3 Å². The predicted molar refractivity (Wildman–Crippen MR) is 91.0 cm³/mol. The Morgan fingerprint density at radius 1 is 1.35 bits per heavy atom. The molecule has 2 aromatic heterocycles. The molecular weight excluding hydrogens is 310 g/mol. The van der Waals surface area contributed by atoms with Crippen molar-refractivity contribution in [1.82, 2.24) is 20.1 Å². The Balaban J connectivity index is 1.63. The van der Waals surface area contributed by atoms with E-state index in [9.17, 15) is 4.79 Å². The molecule has 0 aliphatic carbocycles. The third-order valence-corrected chi connectivity index (χ3v) is 4.00. The lowest BCUT2D eigenvalue weighted by molar-refractivity contribution is 0.0946. The van der Waals surface area contributed by atoms with E-state index in [0.717, 1.165) is 22.9 Å². The molecule has 6 nitrogen and oxygen atoms in total. The zero-order valence-electron chi connectivity index (χ0n) is 12.7. The van der Waals surface area contributed by atoms with E-state index in [1.807, 2.05) is 43.5 Å². The number of carbonyl (C=O) groups excluding carboxylic acids is 1. The van der Waals surface area contributed by atoms with E-state index in [-0.39, 0.29) is 5.91 Å². The van der Waals surface area contributed by atoms with Gasteiger partial charge < -0.3 is 10.6 Å². The molecule has 2 N–H and O–H groups in total. The van der Waals surface area contributed by atoms with Gasteiger partial charge in [0.25, 0.3) is 5.91 Å². The summed E-state index contributed by atoms with van der Waals surface area (Å²) in [4.78, 5) is 16.4. The average Bonchev–Trinajstić information content (AvgIpc) is 3.25. The minimum Gasteiger partial charge on any atom is -0.362 e. The lowest BCUT2D eigenvalue weighted by Crippen LogP contribution is -2.23. The fourth-order valence-corrected chi connectivity index (χ4v) is 2.88. The van der Waals surface area contributed by atoms with Crippen molar-refractivity contribution in [2.75, 3.05) is 11.9 Å². The summed E-state index contributed by atoms with van der Waals surface area (Å²) in [6.07, 6.45) is 3.62. The molecule has 0 radical (unpaired) electrons. The van der Waals surface area contributed by atoms with Crippen molar-refractivity contribution in [3.8, 4) is 5.69 Å². The highest BCUT2D eigenvalue weighted by Gasteiger charge is 2.10. The Hall–Kier alpha value is -2.67. The van der Waals surface area contributed by atoms with E-state index in [1.165, 1.54) is 11.3 Å². The molecule has 118 valence electrons. The first kappa shape index (κ1) is 15.2. The molecule has 3 aromatic rings. The van der Waals surface area contributed by atoms with Crippen LogP contribution < -0.4 is 10.6 Å². The number of hydrogen-bond donors (Lipinski definition) is 2. The molecule has 0 aliphatic rings. The molecule has 23 heavy (non-hydrogen) atoms. The second-order valence-corrected chi connectivity index (χ2v) is 5.73. The number of rotatable bonds is 6. The van der Waals surface area contributed by atoms with Gasteiger partial charge in [0.15, 0.2) is 5.13 Å². The van der Waals surface area contributed by atoms with Crippen LogP contribution in [0.2, 0.25) is 0 Å². The zero-order chi connectivity index (χ0) is 16.1. The van der Waals surface area contributed by atoms with Crippen molar-refractivity contribution in [1.29, 1.82) is 0 Å². The fourth-order valence-electron chi connectivity index (χ4n) is 2.11. The molecule has 0 saturated carbocycles. The number of benzene rings is 1. The van der Waals surface area contributed by atoms with Gasteiger partial charge in [0.2, 0.25) is 0 Å². The molecule has 0 fully saturated rings. The van der Waals surface area contributed by atoms with Crippen molar-refractivity contribution < 1.29 is 4.79 Å². The van der Waals surface area contributed by atoms with Crippen LogP contribution in [0.15, 0.2) is 48.1 Å². The van der Waals surface area contributed by atoms with Crippen LogP contribution in [0.3, 0.4) is 0 Å². The molecule has 1 aromatic carbocycles. The number of carbonyl (C=O) groups is 1. The predicted octanol–water partition coefficient (Wildman–Crippen LogP) is 2.69. The van der Waals surface area contributed by atoms with Gasteiger partial charge in [0.05, 0.1) is 5.69 Å². The number of thiazole rings is 1. The summed E-state index contributed by atoms with van der Waals surface area (Å²) in [6.45, 7) is 3.23. The Kier molecular flexibility index (Phi) is 4.68. The standard InChI is InChI=1S/C16H17N5OS/c1-2-17-16-20-14(11-23-16)15(22)18-10-12-5-3-6-13(9-12)21-8-4-7-19-21/h3-9,11H,2,10H2,1H3,(H,17,20)(H,18,22). The highest BCUT2D eigenvalue weighted by molar-refractivity contribution is 7.13. The van der Waals surface area contributed by atoms with Gasteiger partial charge in [-0.05, 0) is 30.7 Å². The molecule has 0 atom stereocenters.